The van der Waals surface area contributed by atoms with Crippen molar-refractivity contribution in [3.63, 3.8) is 0 Å². The summed E-state index contributed by atoms with van der Waals surface area (Å²) in [6, 6.07) is 0. The van der Waals surface area contributed by atoms with Crippen molar-refractivity contribution < 1.29 is 28.9 Å². The van der Waals surface area contributed by atoms with Crippen LogP contribution in [0.3, 0.4) is 0 Å². The lowest BCUT2D eigenvalue weighted by Crippen LogP contribution is -2.34. The number of nitrogens with zero attached hydrogens (tertiary/aromatic N) is 1. The molecule has 0 aromatic rings. The van der Waals surface area contributed by atoms with Gasteiger partial charge in [-0.25, -0.2) is 0 Å². The highest BCUT2D eigenvalue weighted by Gasteiger charge is 2.15. The van der Waals surface area contributed by atoms with E-state index in [1.165, 1.54) is 193 Å². The Morgan fingerprint density at radius 3 is 1.05 bits per heavy atom. The Kier molecular flexibility index (Phi) is 47.1. The second-order valence-electron chi connectivity index (χ2n) is 16.4. The highest BCUT2D eigenvalue weighted by molar-refractivity contribution is 5.83. The quantitative estimate of drug-likeness (QED) is 0.0595. The van der Waals surface area contributed by atoms with Gasteiger partial charge in [0.05, 0.1) is 46.2 Å². The molecular weight excluding hydrogens is 701 g/mol. The smallest absolute Gasteiger partial charge is 0.223 e. The first-order valence-electron chi connectivity index (χ1n) is 24.5. The zero-order valence-electron chi connectivity index (χ0n) is 37.5. The summed E-state index contributed by atoms with van der Waals surface area (Å²) >= 11 is 0. The van der Waals surface area contributed by atoms with Gasteiger partial charge in [0, 0.05) is 32.5 Å². The number of hydrogen-bond donors (Lipinski definition) is 2. The van der Waals surface area contributed by atoms with Crippen LogP contribution in [0.1, 0.15) is 232 Å². The number of unbranched alkanes of at least 4 members (excludes halogenated alkanes) is 30. The number of aliphatic hydroxyl groups is 1. The van der Waals surface area contributed by atoms with E-state index in [-0.39, 0.29) is 31.3 Å². The van der Waals surface area contributed by atoms with Crippen LogP contribution >= 0.6 is 0 Å². The monoisotopic (exact) mass is 797 g/mol. The molecule has 8 nitrogen and oxygen atoms in total. The molecule has 0 bridgehead atoms. The third-order valence-electron chi connectivity index (χ3n) is 11.0. The molecule has 334 valence electrons. The average Bonchev–Trinajstić information content (AvgIpc) is 3.20. The summed E-state index contributed by atoms with van der Waals surface area (Å²) in [5, 5.41) is 11.6. The van der Waals surface area contributed by atoms with Gasteiger partial charge < -0.3 is 29.5 Å². The molecule has 2 amide bonds. The molecule has 0 atom stereocenters. The zero-order chi connectivity index (χ0) is 40.7. The average molecular weight is 797 g/mol. The van der Waals surface area contributed by atoms with Gasteiger partial charge in [-0.05, 0) is 12.8 Å². The van der Waals surface area contributed by atoms with Gasteiger partial charge >= 0.3 is 0 Å². The van der Waals surface area contributed by atoms with Crippen LogP contribution in [0.15, 0.2) is 0 Å². The molecule has 2 N–H and O–H groups in total. The minimum Gasteiger partial charge on any atom is -0.394 e. The molecular formula is C48H96N2O6. The molecule has 0 saturated heterocycles. The van der Waals surface area contributed by atoms with Crippen molar-refractivity contribution in [2.24, 2.45) is 0 Å². The van der Waals surface area contributed by atoms with E-state index < -0.39 is 0 Å². The highest BCUT2D eigenvalue weighted by atomic mass is 16.5. The Balaban J connectivity index is 4.19. The number of nitrogens with one attached hydrogen (secondary N) is 1. The first-order chi connectivity index (χ1) is 27.7. The molecule has 0 aliphatic rings. The molecule has 0 heterocycles. The number of amides is 2. The normalized spacial score (nSPS) is 11.4. The Labute approximate surface area is 348 Å². The highest BCUT2D eigenvalue weighted by Crippen LogP contribution is 2.16. The number of aliphatic hydroxyl groups excluding tert-OH is 1. The molecule has 0 aromatic heterocycles. The summed E-state index contributed by atoms with van der Waals surface area (Å²) in [4.78, 5) is 27.8. The van der Waals surface area contributed by atoms with Gasteiger partial charge in [0.15, 0.2) is 0 Å². The number of carbonyl (C=O) groups excluding carboxylic acids is 2. The van der Waals surface area contributed by atoms with Crippen molar-refractivity contribution in [1.82, 2.24) is 10.2 Å². The van der Waals surface area contributed by atoms with Crippen LogP contribution in [0.4, 0.5) is 0 Å². The summed E-state index contributed by atoms with van der Waals surface area (Å²) in [5.41, 5.74) is 0. The van der Waals surface area contributed by atoms with Crippen LogP contribution in [-0.4, -0.2) is 87.7 Å². The third-order valence-corrected chi connectivity index (χ3v) is 11.0. The van der Waals surface area contributed by atoms with E-state index in [9.17, 15) is 9.59 Å². The molecule has 56 heavy (non-hydrogen) atoms. The van der Waals surface area contributed by atoms with Crippen LogP contribution in [0.2, 0.25) is 0 Å². The van der Waals surface area contributed by atoms with E-state index in [0.717, 1.165) is 25.9 Å². The van der Waals surface area contributed by atoms with Crippen molar-refractivity contribution >= 4 is 11.8 Å². The number of ether oxygens (including phenoxy) is 3. The Morgan fingerprint density at radius 1 is 0.411 bits per heavy atom. The van der Waals surface area contributed by atoms with Crippen LogP contribution in [0.25, 0.3) is 0 Å². The Bertz CT molecular complexity index is 749. The van der Waals surface area contributed by atoms with Crippen molar-refractivity contribution in [3.05, 3.63) is 0 Å². The minimum absolute atomic E-state index is 0.0143. The predicted molar refractivity (Wildman–Crippen MR) is 237 cm³/mol. The third kappa shape index (κ3) is 43.9. The SMILES string of the molecule is CCCCCCCCCCCCCCCCCCN(CCCCCCCCCCCCCCCCCC)C(=O)CCC(=O)NCCOCCOCCOCCO. The lowest BCUT2D eigenvalue weighted by Gasteiger charge is -2.23. The zero-order valence-corrected chi connectivity index (χ0v) is 37.5. The molecule has 0 radical (unpaired) electrons. The molecule has 0 unspecified atom stereocenters. The maximum Gasteiger partial charge on any atom is 0.223 e. The summed E-state index contributed by atoms with van der Waals surface area (Å²) < 4.78 is 16.1. The maximum atomic E-state index is 13.3. The van der Waals surface area contributed by atoms with Crippen LogP contribution in [-0.2, 0) is 23.8 Å². The standard InChI is InChI=1S/C48H96N2O6/c1-3-5-7-9-11-13-15-17-19-21-23-25-27-29-31-33-38-50(39-34-32-30-28-26-24-22-20-18-16-14-12-10-8-6-4-2)48(53)36-35-47(52)49-37-41-54-43-45-56-46-44-55-42-40-51/h51H,3-46H2,1-2H3,(H,49,52). The van der Waals surface area contributed by atoms with Gasteiger partial charge in [0.2, 0.25) is 11.8 Å². The summed E-state index contributed by atoms with van der Waals surface area (Å²) in [6.45, 7) is 9.20. The van der Waals surface area contributed by atoms with Crippen molar-refractivity contribution in [1.29, 1.82) is 0 Å². The molecule has 8 heteroatoms. The molecule has 0 aliphatic carbocycles. The van der Waals surface area contributed by atoms with Gasteiger partial charge in [-0.15, -0.1) is 0 Å². The molecule has 0 aromatic carbocycles. The van der Waals surface area contributed by atoms with Crippen LogP contribution in [0, 0.1) is 0 Å². The number of hydrogen-bond acceptors (Lipinski definition) is 6. The van der Waals surface area contributed by atoms with Crippen LogP contribution in [0.5, 0.6) is 0 Å². The first kappa shape index (κ1) is 54.8. The molecule has 0 fully saturated rings. The predicted octanol–water partition coefficient (Wildman–Crippen LogP) is 12.3. The number of rotatable bonds is 48. The maximum absolute atomic E-state index is 13.3. The summed E-state index contributed by atoms with van der Waals surface area (Å²) in [6.07, 6.45) is 43.6. The van der Waals surface area contributed by atoms with E-state index in [1.54, 1.807) is 0 Å². The fourth-order valence-electron chi connectivity index (χ4n) is 7.40. The van der Waals surface area contributed by atoms with Gasteiger partial charge in [0.25, 0.3) is 0 Å². The molecule has 0 saturated carbocycles. The molecule has 0 aliphatic heterocycles. The minimum atomic E-state index is -0.0935. The fourth-order valence-corrected chi connectivity index (χ4v) is 7.40. The molecule has 0 rings (SSSR count). The van der Waals surface area contributed by atoms with Gasteiger partial charge in [-0.2, -0.15) is 0 Å². The van der Waals surface area contributed by atoms with Gasteiger partial charge in [0.1, 0.15) is 0 Å². The largest absolute Gasteiger partial charge is 0.394 e. The van der Waals surface area contributed by atoms with E-state index in [1.807, 2.05) is 0 Å². The van der Waals surface area contributed by atoms with E-state index in [4.69, 9.17) is 19.3 Å². The molecule has 0 spiro atoms. The second-order valence-corrected chi connectivity index (χ2v) is 16.4. The fraction of sp³-hybridized carbons (Fsp3) is 0.958. The van der Waals surface area contributed by atoms with E-state index >= 15 is 0 Å². The lowest BCUT2D eigenvalue weighted by molar-refractivity contribution is -0.133. The van der Waals surface area contributed by atoms with Crippen molar-refractivity contribution in [2.45, 2.75) is 232 Å². The Hall–Kier alpha value is -1.22. The summed E-state index contributed by atoms with van der Waals surface area (Å²) in [7, 11) is 0. The van der Waals surface area contributed by atoms with Gasteiger partial charge in [-0.3, -0.25) is 9.59 Å². The van der Waals surface area contributed by atoms with E-state index in [2.05, 4.69) is 24.1 Å². The van der Waals surface area contributed by atoms with Crippen molar-refractivity contribution in [2.75, 3.05) is 65.9 Å². The first-order valence-corrected chi connectivity index (χ1v) is 24.5. The van der Waals surface area contributed by atoms with Crippen LogP contribution < -0.4 is 5.32 Å². The van der Waals surface area contributed by atoms with Crippen molar-refractivity contribution in [3.8, 4) is 0 Å². The summed E-state index contributed by atoms with van der Waals surface area (Å²) in [5.74, 6) is 0.0300. The Morgan fingerprint density at radius 2 is 0.714 bits per heavy atom. The topological polar surface area (TPSA) is 97.3 Å². The van der Waals surface area contributed by atoms with E-state index in [0.29, 0.717) is 46.2 Å². The van der Waals surface area contributed by atoms with Gasteiger partial charge in [-0.1, -0.05) is 206 Å². The second kappa shape index (κ2) is 48.2. The lowest BCUT2D eigenvalue weighted by atomic mass is 10.0. The number of carbonyl (C=O) groups is 2.